The zero-order valence-corrected chi connectivity index (χ0v) is 8.94. The van der Waals surface area contributed by atoms with Crippen molar-refractivity contribution in [1.82, 2.24) is 0 Å². The Kier molecular flexibility index (Phi) is 2.00. The van der Waals surface area contributed by atoms with Crippen LogP contribution in [0, 0.1) is 3.57 Å². The summed E-state index contributed by atoms with van der Waals surface area (Å²) >= 11 is 8.10. The first-order valence-corrected chi connectivity index (χ1v) is 4.90. The smallest absolute Gasteiger partial charge is 0.228 e. The van der Waals surface area contributed by atoms with E-state index in [1.54, 1.807) is 0 Å². The van der Waals surface area contributed by atoms with Gasteiger partial charge in [-0.2, -0.15) is 0 Å². The highest BCUT2D eigenvalue weighted by atomic mass is 127. The number of benzene rings is 1. The molecule has 0 saturated heterocycles. The third kappa shape index (κ3) is 1.31. The Hall–Kier alpha value is -0.290. The molecule has 0 bridgehead atoms. The standard InChI is InChI=1S/C8H5ClINO/c9-6-3-5(10)1-4-2-7(12)11-8(4)6/h1,3H,2H2,(H,11,12). The minimum atomic E-state index is 0.0221. The molecular weight excluding hydrogens is 288 g/mol. The van der Waals surface area contributed by atoms with Crippen LogP contribution in [0.5, 0.6) is 0 Å². The number of anilines is 1. The predicted molar refractivity (Wildman–Crippen MR) is 56.5 cm³/mol. The van der Waals surface area contributed by atoms with Gasteiger partial charge in [0.05, 0.1) is 17.1 Å². The van der Waals surface area contributed by atoms with Crippen LogP contribution in [0.25, 0.3) is 0 Å². The number of nitrogens with one attached hydrogen (secondary N) is 1. The molecule has 0 unspecified atom stereocenters. The van der Waals surface area contributed by atoms with E-state index in [1.165, 1.54) is 0 Å². The molecule has 4 heteroatoms. The second kappa shape index (κ2) is 2.88. The summed E-state index contributed by atoms with van der Waals surface area (Å²) in [7, 11) is 0. The van der Waals surface area contributed by atoms with E-state index in [1.807, 2.05) is 12.1 Å². The van der Waals surface area contributed by atoms with Crippen molar-refractivity contribution in [2.45, 2.75) is 6.42 Å². The van der Waals surface area contributed by atoms with E-state index in [0.29, 0.717) is 11.4 Å². The van der Waals surface area contributed by atoms with Crippen molar-refractivity contribution in [2.24, 2.45) is 0 Å². The molecule has 1 heterocycles. The van der Waals surface area contributed by atoms with E-state index in [9.17, 15) is 4.79 Å². The third-order valence-electron chi connectivity index (χ3n) is 1.75. The fourth-order valence-corrected chi connectivity index (χ4v) is 2.42. The summed E-state index contributed by atoms with van der Waals surface area (Å²) in [4.78, 5) is 11.0. The largest absolute Gasteiger partial charge is 0.324 e. The van der Waals surface area contributed by atoms with Crippen LogP contribution in [0.3, 0.4) is 0 Å². The van der Waals surface area contributed by atoms with E-state index < -0.39 is 0 Å². The van der Waals surface area contributed by atoms with Crippen LogP contribution in [0.4, 0.5) is 5.69 Å². The van der Waals surface area contributed by atoms with Crippen molar-refractivity contribution in [1.29, 1.82) is 0 Å². The first-order chi connectivity index (χ1) is 5.66. The average Bonchev–Trinajstić information content (AvgIpc) is 2.29. The third-order valence-corrected chi connectivity index (χ3v) is 2.67. The molecule has 1 aliphatic rings. The molecule has 2 rings (SSSR count). The second-order valence-electron chi connectivity index (χ2n) is 2.65. The Balaban J connectivity index is 2.59. The van der Waals surface area contributed by atoms with Gasteiger partial charge >= 0.3 is 0 Å². The lowest BCUT2D eigenvalue weighted by Crippen LogP contribution is -2.03. The zero-order chi connectivity index (χ0) is 8.72. The van der Waals surface area contributed by atoms with Crippen molar-refractivity contribution < 1.29 is 4.79 Å². The van der Waals surface area contributed by atoms with E-state index in [-0.39, 0.29) is 5.91 Å². The topological polar surface area (TPSA) is 29.1 Å². The van der Waals surface area contributed by atoms with Crippen LogP contribution in [-0.4, -0.2) is 5.91 Å². The van der Waals surface area contributed by atoms with Gasteiger partial charge in [0.1, 0.15) is 0 Å². The van der Waals surface area contributed by atoms with Gasteiger partial charge in [0.2, 0.25) is 5.91 Å². The molecule has 1 aliphatic heterocycles. The van der Waals surface area contributed by atoms with Crippen LogP contribution >= 0.6 is 34.2 Å². The Labute approximate surface area is 88.4 Å². The summed E-state index contributed by atoms with van der Waals surface area (Å²) in [6.07, 6.45) is 0.450. The number of carbonyl (C=O) groups is 1. The van der Waals surface area contributed by atoms with Crippen molar-refractivity contribution in [3.8, 4) is 0 Å². The summed E-state index contributed by atoms with van der Waals surface area (Å²) in [6, 6.07) is 3.81. The van der Waals surface area contributed by atoms with Gasteiger partial charge in [-0.1, -0.05) is 11.6 Å². The Morgan fingerprint density at radius 3 is 3.00 bits per heavy atom. The molecule has 0 aliphatic carbocycles. The molecule has 1 N–H and O–H groups in total. The van der Waals surface area contributed by atoms with E-state index in [4.69, 9.17) is 11.6 Å². The first-order valence-electron chi connectivity index (χ1n) is 3.44. The maximum atomic E-state index is 11.0. The van der Waals surface area contributed by atoms with E-state index >= 15 is 0 Å². The van der Waals surface area contributed by atoms with Crippen LogP contribution < -0.4 is 5.32 Å². The summed E-state index contributed by atoms with van der Waals surface area (Å²) in [6.45, 7) is 0. The van der Waals surface area contributed by atoms with Gasteiger partial charge in [0, 0.05) is 3.57 Å². The molecule has 62 valence electrons. The van der Waals surface area contributed by atoms with Crippen LogP contribution in [0.1, 0.15) is 5.56 Å². The molecule has 1 amide bonds. The monoisotopic (exact) mass is 293 g/mol. The van der Waals surface area contributed by atoms with Gasteiger partial charge in [-0.3, -0.25) is 4.79 Å². The lowest BCUT2D eigenvalue weighted by molar-refractivity contribution is -0.115. The number of amides is 1. The van der Waals surface area contributed by atoms with Gasteiger partial charge in [0.15, 0.2) is 0 Å². The van der Waals surface area contributed by atoms with Crippen molar-refractivity contribution in [3.63, 3.8) is 0 Å². The molecule has 0 fully saturated rings. The Bertz CT molecular complexity index is 364. The van der Waals surface area contributed by atoms with Gasteiger partial charge in [-0.15, -0.1) is 0 Å². The maximum absolute atomic E-state index is 11.0. The SMILES string of the molecule is O=C1Cc2cc(I)cc(Cl)c2N1. The molecule has 0 atom stereocenters. The highest BCUT2D eigenvalue weighted by Crippen LogP contribution is 2.32. The molecule has 1 aromatic carbocycles. The Morgan fingerprint density at radius 2 is 2.25 bits per heavy atom. The van der Waals surface area contributed by atoms with Gasteiger partial charge in [0.25, 0.3) is 0 Å². The van der Waals surface area contributed by atoms with E-state index in [0.717, 1.165) is 14.8 Å². The zero-order valence-electron chi connectivity index (χ0n) is 6.03. The number of hydrogen-bond acceptors (Lipinski definition) is 1. The molecule has 2 nitrogen and oxygen atoms in total. The number of fused-ring (bicyclic) bond motifs is 1. The fourth-order valence-electron chi connectivity index (χ4n) is 1.26. The van der Waals surface area contributed by atoms with Crippen LogP contribution in [-0.2, 0) is 11.2 Å². The summed E-state index contributed by atoms with van der Waals surface area (Å²) in [5, 5.41) is 3.35. The minimum absolute atomic E-state index is 0.0221. The van der Waals surface area contributed by atoms with Crippen molar-refractivity contribution in [2.75, 3.05) is 5.32 Å². The summed E-state index contributed by atoms with van der Waals surface area (Å²) in [5.41, 5.74) is 1.78. The highest BCUT2D eigenvalue weighted by molar-refractivity contribution is 14.1. The molecule has 1 aromatic rings. The number of hydrogen-bond donors (Lipinski definition) is 1. The predicted octanol–water partition coefficient (Wildman–Crippen LogP) is 2.44. The normalized spacial score (nSPS) is 14.3. The maximum Gasteiger partial charge on any atom is 0.228 e. The number of carbonyl (C=O) groups excluding carboxylic acids is 1. The lowest BCUT2D eigenvalue weighted by atomic mass is 10.2. The highest BCUT2D eigenvalue weighted by Gasteiger charge is 2.20. The number of rotatable bonds is 0. The lowest BCUT2D eigenvalue weighted by Gasteiger charge is -2.01. The first kappa shape index (κ1) is 8.31. The van der Waals surface area contributed by atoms with Crippen molar-refractivity contribution >= 4 is 45.8 Å². The van der Waals surface area contributed by atoms with Crippen LogP contribution in [0.15, 0.2) is 12.1 Å². The fraction of sp³-hybridized carbons (Fsp3) is 0.125. The number of halogens is 2. The molecule has 0 spiro atoms. The van der Waals surface area contributed by atoms with Crippen LogP contribution in [0.2, 0.25) is 5.02 Å². The van der Waals surface area contributed by atoms with Gasteiger partial charge in [-0.05, 0) is 40.3 Å². The minimum Gasteiger partial charge on any atom is -0.324 e. The average molecular weight is 293 g/mol. The molecular formula is C8H5ClINO. The summed E-state index contributed by atoms with van der Waals surface area (Å²) in [5.74, 6) is 0.0221. The van der Waals surface area contributed by atoms with Crippen molar-refractivity contribution in [3.05, 3.63) is 26.3 Å². The van der Waals surface area contributed by atoms with Gasteiger partial charge < -0.3 is 5.32 Å². The molecule has 0 radical (unpaired) electrons. The molecule has 0 aromatic heterocycles. The molecule has 12 heavy (non-hydrogen) atoms. The quantitative estimate of drug-likeness (QED) is 0.731. The van der Waals surface area contributed by atoms with E-state index in [2.05, 4.69) is 27.9 Å². The van der Waals surface area contributed by atoms with Gasteiger partial charge in [-0.25, -0.2) is 0 Å². The summed E-state index contributed by atoms with van der Waals surface area (Å²) < 4.78 is 1.06. The molecule has 0 saturated carbocycles. The Morgan fingerprint density at radius 1 is 1.50 bits per heavy atom. The second-order valence-corrected chi connectivity index (χ2v) is 4.30.